The summed E-state index contributed by atoms with van der Waals surface area (Å²) < 4.78 is 2.32. The molecule has 0 unspecified atom stereocenters. The number of carbonyl (C=O) groups excluding carboxylic acids is 2. The van der Waals surface area contributed by atoms with Crippen molar-refractivity contribution in [2.24, 2.45) is 0 Å². The van der Waals surface area contributed by atoms with Crippen molar-refractivity contribution in [2.75, 3.05) is 18.8 Å². The number of rotatable bonds is 9. The molecular formula is C21H30N4O2S2. The molecule has 0 spiro atoms. The molecule has 1 aliphatic rings. The average Bonchev–Trinajstić information content (AvgIpc) is 3.45. The lowest BCUT2D eigenvalue weighted by molar-refractivity contribution is -0.133. The topological polar surface area (TPSA) is 67.2 Å². The van der Waals surface area contributed by atoms with Crippen molar-refractivity contribution >= 4 is 34.9 Å². The average molecular weight is 435 g/mol. The summed E-state index contributed by atoms with van der Waals surface area (Å²) in [6.45, 7) is 7.17. The van der Waals surface area contributed by atoms with E-state index in [1.807, 2.05) is 31.4 Å². The molecule has 1 fully saturated rings. The molecule has 0 aromatic carbocycles. The van der Waals surface area contributed by atoms with Gasteiger partial charge in [-0.2, -0.15) is 0 Å². The van der Waals surface area contributed by atoms with Gasteiger partial charge in [0.2, 0.25) is 11.8 Å². The minimum atomic E-state index is -0.127. The Morgan fingerprint density at radius 3 is 2.76 bits per heavy atom. The summed E-state index contributed by atoms with van der Waals surface area (Å²) in [6.07, 6.45) is 4.89. The number of thioether (sulfide) groups is 1. The van der Waals surface area contributed by atoms with E-state index in [2.05, 4.69) is 16.8 Å². The first-order valence-electron chi connectivity index (χ1n) is 10.2. The molecule has 1 N–H and O–H groups in total. The van der Waals surface area contributed by atoms with E-state index in [4.69, 9.17) is 4.98 Å². The zero-order chi connectivity index (χ0) is 20.8. The van der Waals surface area contributed by atoms with E-state index in [1.165, 1.54) is 43.1 Å². The van der Waals surface area contributed by atoms with Crippen LogP contribution in [0.2, 0.25) is 0 Å². The maximum Gasteiger partial charge on any atom is 0.239 e. The van der Waals surface area contributed by atoms with Crippen molar-refractivity contribution in [2.45, 2.75) is 64.2 Å². The fourth-order valence-corrected chi connectivity index (χ4v) is 5.42. The molecule has 0 bridgehead atoms. The van der Waals surface area contributed by atoms with Gasteiger partial charge in [0.15, 0.2) is 5.16 Å². The summed E-state index contributed by atoms with van der Waals surface area (Å²) in [5.41, 5.74) is 2.24. The predicted octanol–water partition coefficient (Wildman–Crippen LogP) is 3.93. The highest BCUT2D eigenvalue weighted by atomic mass is 32.2. The van der Waals surface area contributed by atoms with Crippen LogP contribution < -0.4 is 5.32 Å². The van der Waals surface area contributed by atoms with Crippen LogP contribution in [0.25, 0.3) is 0 Å². The lowest BCUT2D eigenvalue weighted by Crippen LogP contribution is -2.41. The van der Waals surface area contributed by atoms with E-state index in [-0.39, 0.29) is 18.4 Å². The van der Waals surface area contributed by atoms with Crippen LogP contribution in [0.3, 0.4) is 0 Å². The molecule has 158 valence electrons. The van der Waals surface area contributed by atoms with Gasteiger partial charge in [0.25, 0.3) is 0 Å². The van der Waals surface area contributed by atoms with E-state index in [0.717, 1.165) is 15.7 Å². The third-order valence-corrected chi connectivity index (χ3v) is 7.29. The number of nitrogens with one attached hydrogen (secondary N) is 1. The molecule has 3 rings (SSSR count). The van der Waals surface area contributed by atoms with Gasteiger partial charge >= 0.3 is 0 Å². The lowest BCUT2D eigenvalue weighted by atomic mass is 10.2. The lowest BCUT2D eigenvalue weighted by Gasteiger charge is -2.21. The van der Waals surface area contributed by atoms with Crippen LogP contribution in [0.15, 0.2) is 22.7 Å². The Labute approximate surface area is 181 Å². The number of amides is 2. The van der Waals surface area contributed by atoms with Crippen LogP contribution in [-0.2, 0) is 16.1 Å². The maximum atomic E-state index is 12.7. The van der Waals surface area contributed by atoms with Crippen molar-refractivity contribution in [3.63, 3.8) is 0 Å². The molecule has 0 atom stereocenters. The van der Waals surface area contributed by atoms with E-state index in [9.17, 15) is 9.59 Å². The molecule has 0 saturated heterocycles. The normalized spacial score (nSPS) is 14.3. The Kier molecular flexibility index (Phi) is 7.77. The number of hydrogen-bond acceptors (Lipinski definition) is 5. The Hall–Kier alpha value is -1.80. The number of nitrogens with zero attached hydrogens (tertiary/aromatic N) is 3. The van der Waals surface area contributed by atoms with Crippen LogP contribution in [0.5, 0.6) is 0 Å². The zero-order valence-electron chi connectivity index (χ0n) is 17.4. The first kappa shape index (κ1) is 21.9. The van der Waals surface area contributed by atoms with Crippen molar-refractivity contribution in [3.8, 4) is 0 Å². The van der Waals surface area contributed by atoms with E-state index in [0.29, 0.717) is 24.9 Å². The largest absolute Gasteiger partial charge is 0.350 e. The highest BCUT2D eigenvalue weighted by molar-refractivity contribution is 7.99. The number of aryl methyl sites for hydroxylation is 1. The third kappa shape index (κ3) is 5.63. The monoisotopic (exact) mass is 434 g/mol. The van der Waals surface area contributed by atoms with Crippen molar-refractivity contribution < 1.29 is 9.59 Å². The van der Waals surface area contributed by atoms with Gasteiger partial charge < -0.3 is 14.8 Å². The highest BCUT2D eigenvalue weighted by Crippen LogP contribution is 2.35. The number of hydrogen-bond donors (Lipinski definition) is 1. The Balaban J connectivity index is 1.54. The van der Waals surface area contributed by atoms with Gasteiger partial charge in [0.05, 0.1) is 24.5 Å². The third-order valence-electron chi connectivity index (χ3n) is 5.48. The van der Waals surface area contributed by atoms with Gasteiger partial charge in [0.1, 0.15) is 0 Å². The van der Waals surface area contributed by atoms with Gasteiger partial charge in [-0.15, -0.1) is 11.3 Å². The number of aromatic nitrogens is 2. The van der Waals surface area contributed by atoms with Crippen LogP contribution in [0.4, 0.5) is 0 Å². The molecule has 2 aromatic rings. The van der Waals surface area contributed by atoms with Crippen LogP contribution in [0.1, 0.15) is 54.9 Å². The quantitative estimate of drug-likeness (QED) is 0.607. The van der Waals surface area contributed by atoms with Gasteiger partial charge in [-0.05, 0) is 45.1 Å². The molecule has 0 aliphatic heterocycles. The molecule has 1 saturated carbocycles. The molecule has 0 radical (unpaired) electrons. The number of imidazole rings is 1. The fraction of sp³-hybridized carbons (Fsp3) is 0.571. The van der Waals surface area contributed by atoms with E-state index in [1.54, 1.807) is 16.2 Å². The number of likely N-dealkylation sites (N-methyl/N-ethyl adjacent to an activating group) is 1. The predicted molar refractivity (Wildman–Crippen MR) is 118 cm³/mol. The van der Waals surface area contributed by atoms with Gasteiger partial charge in [-0.3, -0.25) is 9.59 Å². The summed E-state index contributed by atoms with van der Waals surface area (Å²) in [5.74, 6) is 0.145. The first-order valence-corrected chi connectivity index (χ1v) is 12.1. The van der Waals surface area contributed by atoms with Gasteiger partial charge in [0, 0.05) is 23.2 Å². The van der Waals surface area contributed by atoms with Gasteiger partial charge in [-0.1, -0.05) is 30.7 Å². The SMILES string of the molecule is CCN(CC(=O)NCc1cccs1)C(=O)CSc1nc(C)c(C)n1C1CCCC1. The summed E-state index contributed by atoms with van der Waals surface area (Å²) in [7, 11) is 0. The molecule has 8 heteroatoms. The molecule has 2 heterocycles. The molecule has 29 heavy (non-hydrogen) atoms. The minimum absolute atomic E-state index is 0.0277. The highest BCUT2D eigenvalue weighted by Gasteiger charge is 2.24. The second-order valence-corrected chi connectivity index (χ2v) is 9.40. The molecule has 2 amide bonds. The molecule has 6 nitrogen and oxygen atoms in total. The molecule has 1 aliphatic carbocycles. The molecule has 2 aromatic heterocycles. The van der Waals surface area contributed by atoms with Crippen molar-refractivity contribution in [3.05, 3.63) is 33.8 Å². The van der Waals surface area contributed by atoms with Crippen LogP contribution in [-0.4, -0.2) is 45.1 Å². The zero-order valence-corrected chi connectivity index (χ0v) is 19.1. The summed E-state index contributed by atoms with van der Waals surface area (Å²) in [5, 5.41) is 5.80. The summed E-state index contributed by atoms with van der Waals surface area (Å²) in [6, 6.07) is 4.45. The van der Waals surface area contributed by atoms with E-state index < -0.39 is 0 Å². The smallest absolute Gasteiger partial charge is 0.239 e. The van der Waals surface area contributed by atoms with Crippen LogP contribution >= 0.6 is 23.1 Å². The second kappa shape index (κ2) is 10.3. The summed E-state index contributed by atoms with van der Waals surface area (Å²) in [4.78, 5) is 32.4. The Bertz CT molecular complexity index is 826. The standard InChI is InChI=1S/C21H30N4O2S2/c1-4-24(13-19(26)22-12-18-10-7-11-28-18)20(27)14-29-21-23-15(2)16(3)25(21)17-8-5-6-9-17/h7,10-11,17H,4-6,8-9,12-14H2,1-3H3,(H,22,26). The Morgan fingerprint density at radius 2 is 2.10 bits per heavy atom. The maximum absolute atomic E-state index is 12.7. The van der Waals surface area contributed by atoms with E-state index >= 15 is 0 Å². The van der Waals surface area contributed by atoms with Crippen LogP contribution in [0, 0.1) is 13.8 Å². The summed E-state index contributed by atoms with van der Waals surface area (Å²) >= 11 is 3.10. The van der Waals surface area contributed by atoms with Crippen molar-refractivity contribution in [1.82, 2.24) is 19.8 Å². The first-order chi connectivity index (χ1) is 14.0. The van der Waals surface area contributed by atoms with Gasteiger partial charge in [-0.25, -0.2) is 4.98 Å². The minimum Gasteiger partial charge on any atom is -0.350 e. The molecular weight excluding hydrogens is 404 g/mol. The van der Waals surface area contributed by atoms with Crippen molar-refractivity contribution in [1.29, 1.82) is 0 Å². The number of thiophene rings is 1. The fourth-order valence-electron chi connectivity index (χ4n) is 3.71. The number of carbonyl (C=O) groups is 2. The Morgan fingerprint density at radius 1 is 1.34 bits per heavy atom. The second-order valence-electron chi connectivity index (χ2n) is 7.43.